The standard InChI is InChI=1S/C21H18Cl2FN3O3/c1-11-7-14(24)10-15(8-11)25-20(28)12(2)27-21(29)18(23)17(22)19(26-27)13-5-4-6-16(9-13)30-3/h4-10,12H,1-3H3,(H,25,28). The SMILES string of the molecule is COc1cccc(-c2nn(C(C)C(=O)Nc3cc(C)cc(F)c3)c(=O)c(Cl)c2Cl)c1. The number of hydrogen-bond donors (Lipinski definition) is 1. The number of hydrogen-bond acceptors (Lipinski definition) is 4. The maximum atomic E-state index is 13.6. The minimum Gasteiger partial charge on any atom is -0.497 e. The number of ether oxygens (including phenoxy) is 1. The summed E-state index contributed by atoms with van der Waals surface area (Å²) < 4.78 is 19.8. The third-order valence-corrected chi connectivity index (χ3v) is 5.22. The fraction of sp³-hybridized carbons (Fsp3) is 0.190. The number of nitrogens with zero attached hydrogens (tertiary/aromatic N) is 2. The minimum absolute atomic E-state index is 0.0282. The zero-order valence-electron chi connectivity index (χ0n) is 16.4. The van der Waals surface area contributed by atoms with Crippen molar-refractivity contribution in [2.45, 2.75) is 19.9 Å². The van der Waals surface area contributed by atoms with Crippen molar-refractivity contribution < 1.29 is 13.9 Å². The number of methoxy groups -OCH3 is 1. The van der Waals surface area contributed by atoms with E-state index < -0.39 is 23.3 Å². The van der Waals surface area contributed by atoms with E-state index in [1.807, 2.05) is 0 Å². The Bertz CT molecular complexity index is 1160. The van der Waals surface area contributed by atoms with Gasteiger partial charge < -0.3 is 10.1 Å². The van der Waals surface area contributed by atoms with Crippen LogP contribution in [0.2, 0.25) is 10.0 Å². The van der Waals surface area contributed by atoms with E-state index in [2.05, 4.69) is 10.4 Å². The van der Waals surface area contributed by atoms with Crippen LogP contribution >= 0.6 is 23.2 Å². The van der Waals surface area contributed by atoms with Crippen molar-refractivity contribution in [1.82, 2.24) is 9.78 Å². The summed E-state index contributed by atoms with van der Waals surface area (Å²) >= 11 is 12.4. The lowest BCUT2D eigenvalue weighted by atomic mass is 10.1. The molecule has 0 saturated carbocycles. The van der Waals surface area contributed by atoms with Crippen LogP contribution in [0.4, 0.5) is 10.1 Å². The van der Waals surface area contributed by atoms with Crippen molar-refractivity contribution in [3.8, 4) is 17.0 Å². The average molecular weight is 450 g/mol. The van der Waals surface area contributed by atoms with Gasteiger partial charge in [-0.05, 0) is 49.7 Å². The van der Waals surface area contributed by atoms with Gasteiger partial charge in [0.25, 0.3) is 5.56 Å². The number of carbonyl (C=O) groups is 1. The molecule has 0 aliphatic rings. The molecule has 0 bridgehead atoms. The van der Waals surface area contributed by atoms with Crippen LogP contribution in [0.5, 0.6) is 5.75 Å². The number of aryl methyl sites for hydroxylation is 1. The number of carbonyl (C=O) groups excluding carboxylic acids is 1. The van der Waals surface area contributed by atoms with Gasteiger partial charge in [0.05, 0.1) is 12.1 Å². The lowest BCUT2D eigenvalue weighted by Gasteiger charge is -2.17. The van der Waals surface area contributed by atoms with Crippen LogP contribution in [0, 0.1) is 12.7 Å². The molecule has 0 fully saturated rings. The van der Waals surface area contributed by atoms with Crippen LogP contribution in [0.15, 0.2) is 47.3 Å². The van der Waals surface area contributed by atoms with Gasteiger partial charge >= 0.3 is 0 Å². The Morgan fingerprint density at radius 1 is 1.20 bits per heavy atom. The predicted octanol–water partition coefficient (Wildman–Crippen LogP) is 4.87. The Morgan fingerprint density at radius 3 is 2.60 bits per heavy atom. The Hall–Kier alpha value is -2.90. The molecular weight excluding hydrogens is 432 g/mol. The second-order valence-electron chi connectivity index (χ2n) is 6.64. The highest BCUT2D eigenvalue weighted by Crippen LogP contribution is 2.31. The first kappa shape index (κ1) is 21.8. The van der Waals surface area contributed by atoms with Crippen LogP contribution in [-0.4, -0.2) is 22.8 Å². The first-order valence-electron chi connectivity index (χ1n) is 8.91. The van der Waals surface area contributed by atoms with Crippen LogP contribution in [0.1, 0.15) is 18.5 Å². The van der Waals surface area contributed by atoms with Gasteiger partial charge in [0.1, 0.15) is 28.3 Å². The molecule has 30 heavy (non-hydrogen) atoms. The summed E-state index contributed by atoms with van der Waals surface area (Å²) in [5.41, 5.74) is 0.977. The number of rotatable bonds is 5. The molecule has 3 rings (SSSR count). The van der Waals surface area contributed by atoms with Gasteiger partial charge in [-0.25, -0.2) is 9.07 Å². The highest BCUT2D eigenvalue weighted by Gasteiger charge is 2.23. The summed E-state index contributed by atoms with van der Waals surface area (Å²) in [5, 5.41) is 6.57. The fourth-order valence-electron chi connectivity index (χ4n) is 2.88. The van der Waals surface area contributed by atoms with Gasteiger partial charge in [0, 0.05) is 11.3 Å². The third-order valence-electron chi connectivity index (χ3n) is 4.40. The second kappa shape index (κ2) is 8.85. The first-order valence-corrected chi connectivity index (χ1v) is 9.67. The highest BCUT2D eigenvalue weighted by molar-refractivity contribution is 6.43. The van der Waals surface area contributed by atoms with E-state index in [0.29, 0.717) is 16.9 Å². The third kappa shape index (κ3) is 4.47. The summed E-state index contributed by atoms with van der Waals surface area (Å²) in [5.74, 6) is -0.487. The van der Waals surface area contributed by atoms with E-state index in [0.717, 1.165) is 4.68 Å². The number of benzene rings is 2. The van der Waals surface area contributed by atoms with E-state index in [9.17, 15) is 14.0 Å². The second-order valence-corrected chi connectivity index (χ2v) is 7.40. The monoisotopic (exact) mass is 449 g/mol. The Morgan fingerprint density at radius 2 is 1.93 bits per heavy atom. The molecule has 1 amide bonds. The van der Waals surface area contributed by atoms with Crippen molar-refractivity contribution >= 4 is 34.8 Å². The van der Waals surface area contributed by atoms with Gasteiger partial charge in [-0.1, -0.05) is 35.3 Å². The van der Waals surface area contributed by atoms with Crippen molar-refractivity contribution in [2.75, 3.05) is 12.4 Å². The summed E-state index contributed by atoms with van der Waals surface area (Å²) in [6.45, 7) is 3.18. The largest absolute Gasteiger partial charge is 0.497 e. The molecule has 1 aromatic heterocycles. The Balaban J connectivity index is 2.01. The van der Waals surface area contributed by atoms with E-state index in [1.54, 1.807) is 37.3 Å². The maximum Gasteiger partial charge on any atom is 0.287 e. The molecule has 1 unspecified atom stereocenters. The molecule has 6 nitrogen and oxygen atoms in total. The van der Waals surface area contributed by atoms with Crippen molar-refractivity contribution in [3.63, 3.8) is 0 Å². The molecule has 1 heterocycles. The molecule has 0 radical (unpaired) electrons. The van der Waals surface area contributed by atoms with E-state index in [4.69, 9.17) is 27.9 Å². The normalized spacial score (nSPS) is 11.8. The number of amides is 1. The quantitative estimate of drug-likeness (QED) is 0.602. The van der Waals surface area contributed by atoms with Gasteiger partial charge in [-0.3, -0.25) is 9.59 Å². The smallest absolute Gasteiger partial charge is 0.287 e. The van der Waals surface area contributed by atoms with Gasteiger partial charge in [0.2, 0.25) is 5.91 Å². The average Bonchev–Trinajstić information content (AvgIpc) is 2.71. The molecular formula is C21H18Cl2FN3O3. The number of nitrogens with one attached hydrogen (secondary N) is 1. The first-order chi connectivity index (χ1) is 14.2. The molecule has 3 aromatic rings. The molecule has 1 atom stereocenters. The molecule has 0 spiro atoms. The topological polar surface area (TPSA) is 73.2 Å². The maximum absolute atomic E-state index is 13.6. The van der Waals surface area contributed by atoms with Crippen molar-refractivity contribution in [3.05, 3.63) is 74.2 Å². The molecule has 0 aliphatic carbocycles. The predicted molar refractivity (Wildman–Crippen MR) is 115 cm³/mol. The van der Waals surface area contributed by atoms with Crippen LogP contribution in [0.25, 0.3) is 11.3 Å². The number of anilines is 1. The minimum atomic E-state index is -1.04. The summed E-state index contributed by atoms with van der Waals surface area (Å²) in [6, 6.07) is 9.97. The van der Waals surface area contributed by atoms with Gasteiger partial charge in [-0.15, -0.1) is 0 Å². The Labute approximate surface area is 182 Å². The van der Waals surface area contributed by atoms with Crippen LogP contribution in [0.3, 0.4) is 0 Å². The van der Waals surface area contributed by atoms with Gasteiger partial charge in [0.15, 0.2) is 0 Å². The van der Waals surface area contributed by atoms with Gasteiger partial charge in [-0.2, -0.15) is 5.10 Å². The number of aromatic nitrogens is 2. The van der Waals surface area contributed by atoms with Crippen LogP contribution < -0.4 is 15.6 Å². The molecule has 0 saturated heterocycles. The Kier molecular flexibility index (Phi) is 6.43. The molecule has 156 valence electrons. The number of halogens is 3. The fourth-order valence-corrected chi connectivity index (χ4v) is 3.28. The summed E-state index contributed by atoms with van der Waals surface area (Å²) in [7, 11) is 1.52. The zero-order valence-corrected chi connectivity index (χ0v) is 17.9. The summed E-state index contributed by atoms with van der Waals surface area (Å²) in [6.07, 6.45) is 0. The molecule has 9 heteroatoms. The van der Waals surface area contributed by atoms with E-state index >= 15 is 0 Å². The lowest BCUT2D eigenvalue weighted by molar-refractivity contribution is -0.119. The van der Waals surface area contributed by atoms with E-state index in [1.165, 1.54) is 26.2 Å². The van der Waals surface area contributed by atoms with Crippen molar-refractivity contribution in [2.24, 2.45) is 0 Å². The molecule has 2 aromatic carbocycles. The highest BCUT2D eigenvalue weighted by atomic mass is 35.5. The van der Waals surface area contributed by atoms with E-state index in [-0.39, 0.29) is 21.4 Å². The zero-order chi connectivity index (χ0) is 22.0. The van der Waals surface area contributed by atoms with Crippen molar-refractivity contribution in [1.29, 1.82) is 0 Å². The molecule has 1 N–H and O–H groups in total. The summed E-state index contributed by atoms with van der Waals surface area (Å²) in [4.78, 5) is 25.3. The molecule has 0 aliphatic heterocycles. The van der Waals surface area contributed by atoms with Crippen LogP contribution in [-0.2, 0) is 4.79 Å². The lowest BCUT2D eigenvalue weighted by Crippen LogP contribution is -2.34.